The van der Waals surface area contributed by atoms with Crippen molar-refractivity contribution in [2.75, 3.05) is 0 Å². The van der Waals surface area contributed by atoms with E-state index in [0.29, 0.717) is 4.90 Å². The number of aryl methyl sites for hydroxylation is 1. The van der Waals surface area contributed by atoms with Crippen LogP contribution in [-0.4, -0.2) is 18.5 Å². The number of hydrogen-bond donors (Lipinski definition) is 1. The van der Waals surface area contributed by atoms with Crippen molar-refractivity contribution in [3.05, 3.63) is 12.4 Å². The van der Waals surface area contributed by atoms with E-state index >= 15 is 0 Å². The molecule has 0 amide bonds. The molecule has 6 heteroatoms. The first-order chi connectivity index (χ1) is 4.20. The van der Waals surface area contributed by atoms with Gasteiger partial charge in [0.15, 0.2) is 11.1 Å². The molecular weight excluding hydrogens is 163 g/mol. The Hall–Kier alpha value is 0.320. The summed E-state index contributed by atoms with van der Waals surface area (Å²) < 4.78 is 20.2. The third-order valence-corrected chi connectivity index (χ3v) is 1.50. The van der Waals surface area contributed by atoms with Crippen LogP contribution in [0, 0.1) is 0 Å². The number of nitrogens with zero attached hydrogens (tertiary/aromatic N) is 2. The van der Waals surface area contributed by atoms with E-state index in [0.717, 1.165) is 0 Å². The molecule has 10 heavy (non-hydrogen) atoms. The van der Waals surface area contributed by atoms with Crippen LogP contribution in [0.2, 0.25) is 0 Å². The maximum absolute atomic E-state index is 10.3. The van der Waals surface area contributed by atoms with E-state index in [-0.39, 0.29) is 31.0 Å². The third kappa shape index (κ3) is 2.51. The van der Waals surface area contributed by atoms with Crippen molar-refractivity contribution in [1.82, 2.24) is 9.78 Å². The van der Waals surface area contributed by atoms with Gasteiger partial charge in [-0.05, 0) is 0 Å². The van der Waals surface area contributed by atoms with E-state index in [4.69, 9.17) is 4.55 Å². The van der Waals surface area contributed by atoms with E-state index in [1.807, 2.05) is 0 Å². The molecule has 0 aliphatic carbocycles. The Kier molecular flexibility index (Phi) is 4.39. The van der Waals surface area contributed by atoms with Crippen molar-refractivity contribution in [3.8, 4) is 0 Å². The summed E-state index contributed by atoms with van der Waals surface area (Å²) in [6, 6.07) is 0. The van der Waals surface area contributed by atoms with Crippen LogP contribution in [0.1, 0.15) is 1.43 Å². The minimum Gasteiger partial charge on any atom is -1.00 e. The van der Waals surface area contributed by atoms with Crippen LogP contribution < -0.4 is 29.6 Å². The molecule has 0 aromatic carbocycles. The number of aromatic nitrogens is 2. The Morgan fingerprint density at radius 3 is 2.70 bits per heavy atom. The molecule has 0 saturated carbocycles. The molecule has 0 aliphatic rings. The molecule has 0 aliphatic heterocycles. The van der Waals surface area contributed by atoms with E-state index in [9.17, 15) is 4.21 Å². The van der Waals surface area contributed by atoms with Gasteiger partial charge in [-0.2, -0.15) is 5.10 Å². The molecule has 1 aromatic heterocycles. The summed E-state index contributed by atoms with van der Waals surface area (Å²) in [5.41, 5.74) is 0. The van der Waals surface area contributed by atoms with Crippen LogP contribution in [0.3, 0.4) is 0 Å². The molecule has 1 atom stereocenters. The summed E-state index contributed by atoms with van der Waals surface area (Å²) in [5.74, 6) is 0. The van der Waals surface area contributed by atoms with Crippen molar-refractivity contribution in [2.45, 2.75) is 4.90 Å². The fourth-order valence-electron chi connectivity index (χ4n) is 0.489. The normalized spacial score (nSPS) is 12.2. The van der Waals surface area contributed by atoms with Crippen molar-refractivity contribution in [1.29, 1.82) is 0 Å². The zero-order chi connectivity index (χ0) is 6.85. The predicted octanol–water partition coefficient (Wildman–Crippen LogP) is -2.88. The summed E-state index contributed by atoms with van der Waals surface area (Å²) in [7, 11) is 1.69. The van der Waals surface area contributed by atoms with Crippen molar-refractivity contribution >= 4 is 11.1 Å². The first-order valence-electron chi connectivity index (χ1n) is 2.29. The van der Waals surface area contributed by atoms with Crippen LogP contribution in [0.25, 0.3) is 0 Å². The summed E-state index contributed by atoms with van der Waals surface area (Å²) in [6.07, 6.45) is 2.85. The Balaban J connectivity index is 0. The van der Waals surface area contributed by atoms with Gasteiger partial charge in [-0.15, -0.1) is 0 Å². The number of hydrogen-bond acceptors (Lipinski definition) is 2. The minimum atomic E-state index is -1.89. The standard InChI is InChI=1S/C4H6N2O2S.Na.H/c1-6-3-4(2-5-6)9(7)8;;/h2-3H,1H3,(H,7,8);;/q;+1;-1. The Morgan fingerprint density at radius 2 is 2.50 bits per heavy atom. The van der Waals surface area contributed by atoms with Crippen LogP contribution in [0.5, 0.6) is 0 Å². The number of rotatable bonds is 1. The van der Waals surface area contributed by atoms with Crippen molar-refractivity contribution in [3.63, 3.8) is 0 Å². The van der Waals surface area contributed by atoms with Gasteiger partial charge in [0.2, 0.25) is 0 Å². The largest absolute Gasteiger partial charge is 1.00 e. The topological polar surface area (TPSA) is 55.1 Å². The average Bonchev–Trinajstić information content (AvgIpc) is 2.14. The molecule has 52 valence electrons. The van der Waals surface area contributed by atoms with Crippen LogP contribution in [0.15, 0.2) is 17.3 Å². The molecule has 4 nitrogen and oxygen atoms in total. The zero-order valence-electron chi connectivity index (χ0n) is 6.81. The van der Waals surface area contributed by atoms with Gasteiger partial charge in [0.25, 0.3) is 0 Å². The maximum Gasteiger partial charge on any atom is 1.00 e. The monoisotopic (exact) mass is 170 g/mol. The van der Waals surface area contributed by atoms with Crippen LogP contribution >= 0.6 is 0 Å². The zero-order valence-corrected chi connectivity index (χ0v) is 8.63. The molecule has 1 aromatic rings. The molecule has 0 spiro atoms. The quantitative estimate of drug-likeness (QED) is 0.364. The van der Waals surface area contributed by atoms with Gasteiger partial charge in [0.1, 0.15) is 4.90 Å². The van der Waals surface area contributed by atoms with Gasteiger partial charge in [-0.1, -0.05) is 0 Å². The smallest absolute Gasteiger partial charge is 1.00 e. The molecule has 1 unspecified atom stereocenters. The van der Waals surface area contributed by atoms with E-state index in [1.54, 1.807) is 7.05 Å². The Bertz CT molecular complexity index is 242. The third-order valence-electron chi connectivity index (χ3n) is 0.883. The predicted molar refractivity (Wildman–Crippen MR) is 33.4 cm³/mol. The minimum absolute atomic E-state index is 0. The molecule has 0 saturated heterocycles. The SMILES string of the molecule is Cn1cc(S(=O)O)cn1.[H-].[Na+]. The van der Waals surface area contributed by atoms with Crippen molar-refractivity contribution in [2.24, 2.45) is 7.05 Å². The van der Waals surface area contributed by atoms with E-state index in [1.165, 1.54) is 17.1 Å². The van der Waals surface area contributed by atoms with Gasteiger partial charge < -0.3 is 5.98 Å². The Labute approximate surface area is 84.7 Å². The van der Waals surface area contributed by atoms with Gasteiger partial charge >= 0.3 is 29.6 Å². The molecular formula is C4H7N2NaO2S. The van der Waals surface area contributed by atoms with Gasteiger partial charge in [-0.3, -0.25) is 4.68 Å². The second-order valence-electron chi connectivity index (χ2n) is 1.60. The second kappa shape index (κ2) is 4.25. The second-order valence-corrected chi connectivity index (χ2v) is 2.57. The van der Waals surface area contributed by atoms with E-state index < -0.39 is 11.1 Å². The van der Waals surface area contributed by atoms with Gasteiger partial charge in [0.05, 0.1) is 6.20 Å². The molecule has 0 bridgehead atoms. The first-order valence-corrected chi connectivity index (χ1v) is 3.40. The fraction of sp³-hybridized carbons (Fsp3) is 0.250. The Morgan fingerprint density at radius 1 is 1.90 bits per heavy atom. The summed E-state index contributed by atoms with van der Waals surface area (Å²) in [4.78, 5) is 0.331. The maximum atomic E-state index is 10.3. The average molecular weight is 170 g/mol. The fourth-order valence-corrected chi connectivity index (χ4v) is 0.869. The van der Waals surface area contributed by atoms with Crippen LogP contribution in [-0.2, 0) is 18.1 Å². The van der Waals surface area contributed by atoms with Crippen molar-refractivity contribution < 1.29 is 39.7 Å². The summed E-state index contributed by atoms with van der Waals surface area (Å²) in [6.45, 7) is 0. The molecule has 1 heterocycles. The van der Waals surface area contributed by atoms with E-state index in [2.05, 4.69) is 5.10 Å². The van der Waals surface area contributed by atoms with Gasteiger partial charge in [-0.25, -0.2) is 4.21 Å². The molecule has 1 N–H and O–H groups in total. The summed E-state index contributed by atoms with van der Waals surface area (Å²) >= 11 is -1.89. The van der Waals surface area contributed by atoms with Crippen LogP contribution in [0.4, 0.5) is 0 Å². The molecule has 0 radical (unpaired) electrons. The first kappa shape index (κ1) is 10.3. The molecule has 0 fully saturated rings. The summed E-state index contributed by atoms with van der Waals surface area (Å²) in [5, 5.41) is 3.70. The van der Waals surface area contributed by atoms with Gasteiger partial charge in [0, 0.05) is 13.2 Å². The molecule has 1 rings (SSSR count).